The molecule has 2 atom stereocenters. The zero-order valence-corrected chi connectivity index (χ0v) is 15.1. The molecule has 2 aliphatic rings. The molecule has 2 N–H and O–H groups in total. The maximum absolute atomic E-state index is 12.5. The Balaban J connectivity index is 1.58. The number of rotatable bonds is 5. The molecule has 2 aliphatic carbocycles. The van der Waals surface area contributed by atoms with Gasteiger partial charge in [0.1, 0.15) is 0 Å². The lowest BCUT2D eigenvalue weighted by molar-refractivity contribution is -0.140. The molecule has 0 saturated heterocycles. The van der Waals surface area contributed by atoms with Crippen LogP contribution in [0.25, 0.3) is 5.69 Å². The third-order valence-electron chi connectivity index (χ3n) is 5.25. The molecule has 0 unspecified atom stereocenters. The minimum absolute atomic E-state index is 0.310. The molecule has 1 aromatic carbocycles. The standard InChI is InChI=1S/C17H18ClN5O3/c1-17(2)12(13(17)16(25)26)15(24)19-9-5-6-10(18)11(7-9)23-14(8-3-4-8)20-21-22-23/h5-8,12-13H,3-4H2,1-2H3,(H,19,24)(H,25,26)/t12-,13+/m1/s1. The number of carbonyl (C=O) groups is 2. The van der Waals surface area contributed by atoms with Crippen molar-refractivity contribution in [3.05, 3.63) is 29.0 Å². The van der Waals surface area contributed by atoms with E-state index in [2.05, 4.69) is 20.8 Å². The molecule has 2 aromatic rings. The summed E-state index contributed by atoms with van der Waals surface area (Å²) < 4.78 is 1.59. The van der Waals surface area contributed by atoms with Crippen molar-refractivity contribution in [1.29, 1.82) is 0 Å². The molecular formula is C17H18ClN5O3. The van der Waals surface area contributed by atoms with Gasteiger partial charge in [0.05, 0.1) is 22.5 Å². The molecule has 0 radical (unpaired) electrons. The largest absolute Gasteiger partial charge is 0.481 e. The number of carboxylic acid groups (broad SMARTS) is 1. The summed E-state index contributed by atoms with van der Waals surface area (Å²) in [5.41, 5.74) is 0.555. The first kappa shape index (κ1) is 17.0. The summed E-state index contributed by atoms with van der Waals surface area (Å²) >= 11 is 6.30. The molecule has 26 heavy (non-hydrogen) atoms. The summed E-state index contributed by atoms with van der Waals surface area (Å²) in [5, 5.41) is 24.3. The second kappa shape index (κ2) is 5.77. The van der Waals surface area contributed by atoms with E-state index < -0.39 is 23.2 Å². The van der Waals surface area contributed by atoms with Crippen molar-refractivity contribution in [2.75, 3.05) is 5.32 Å². The Bertz CT molecular complexity index is 906. The highest BCUT2D eigenvalue weighted by Crippen LogP contribution is 2.58. The minimum Gasteiger partial charge on any atom is -0.481 e. The first-order valence-corrected chi connectivity index (χ1v) is 8.80. The molecule has 1 heterocycles. The summed E-state index contributed by atoms with van der Waals surface area (Å²) in [6.07, 6.45) is 2.09. The van der Waals surface area contributed by atoms with E-state index in [4.69, 9.17) is 11.6 Å². The van der Waals surface area contributed by atoms with Crippen molar-refractivity contribution in [3.8, 4) is 5.69 Å². The third kappa shape index (κ3) is 2.74. The Morgan fingerprint density at radius 1 is 1.31 bits per heavy atom. The lowest BCUT2D eigenvalue weighted by Crippen LogP contribution is -2.18. The van der Waals surface area contributed by atoms with Crippen molar-refractivity contribution < 1.29 is 14.7 Å². The molecule has 8 nitrogen and oxygen atoms in total. The molecule has 9 heteroatoms. The molecular weight excluding hydrogens is 358 g/mol. The van der Waals surface area contributed by atoms with Crippen LogP contribution < -0.4 is 5.32 Å². The number of aliphatic carboxylic acids is 1. The number of hydrogen-bond donors (Lipinski definition) is 2. The van der Waals surface area contributed by atoms with Gasteiger partial charge >= 0.3 is 5.97 Å². The number of anilines is 1. The third-order valence-corrected chi connectivity index (χ3v) is 5.57. The number of amides is 1. The highest BCUT2D eigenvalue weighted by molar-refractivity contribution is 6.32. The first-order valence-electron chi connectivity index (χ1n) is 8.42. The maximum Gasteiger partial charge on any atom is 0.307 e. The zero-order chi connectivity index (χ0) is 18.6. The van der Waals surface area contributed by atoms with Crippen molar-refractivity contribution in [1.82, 2.24) is 20.2 Å². The average molecular weight is 376 g/mol. The fraction of sp³-hybridized carbons (Fsp3) is 0.471. The van der Waals surface area contributed by atoms with Crippen molar-refractivity contribution in [3.63, 3.8) is 0 Å². The number of tetrazole rings is 1. The lowest BCUT2D eigenvalue weighted by Gasteiger charge is -2.10. The van der Waals surface area contributed by atoms with Gasteiger partial charge < -0.3 is 10.4 Å². The number of carboxylic acids is 1. The van der Waals surface area contributed by atoms with Crippen LogP contribution >= 0.6 is 11.6 Å². The molecule has 1 amide bonds. The van der Waals surface area contributed by atoms with Gasteiger partial charge in [0.15, 0.2) is 5.82 Å². The van der Waals surface area contributed by atoms with E-state index in [-0.39, 0.29) is 5.91 Å². The fourth-order valence-electron chi connectivity index (χ4n) is 3.52. The van der Waals surface area contributed by atoms with Gasteiger partial charge in [-0.25, -0.2) is 0 Å². The highest BCUT2D eigenvalue weighted by Gasteiger charge is 2.65. The smallest absolute Gasteiger partial charge is 0.307 e. The van der Waals surface area contributed by atoms with E-state index in [0.29, 0.717) is 22.3 Å². The van der Waals surface area contributed by atoms with Crippen LogP contribution in [0.4, 0.5) is 5.69 Å². The van der Waals surface area contributed by atoms with Gasteiger partial charge in [-0.05, 0) is 46.9 Å². The van der Waals surface area contributed by atoms with E-state index in [0.717, 1.165) is 18.7 Å². The van der Waals surface area contributed by atoms with Gasteiger partial charge in [-0.2, -0.15) is 4.68 Å². The predicted octanol–water partition coefficient (Wildman–Crippen LogP) is 2.49. The van der Waals surface area contributed by atoms with Crippen LogP contribution in [0.1, 0.15) is 38.4 Å². The SMILES string of the molecule is CC1(C)[C@H](C(=O)O)[C@@H]1C(=O)Nc1ccc(Cl)c(-n2nnnc2C2CC2)c1. The maximum atomic E-state index is 12.5. The molecule has 2 saturated carbocycles. The molecule has 4 rings (SSSR count). The number of nitrogens with zero attached hydrogens (tertiary/aromatic N) is 4. The van der Waals surface area contributed by atoms with E-state index in [1.54, 1.807) is 36.7 Å². The number of nitrogens with one attached hydrogen (secondary N) is 1. The van der Waals surface area contributed by atoms with Gasteiger partial charge in [-0.15, -0.1) is 5.10 Å². The van der Waals surface area contributed by atoms with Crippen LogP contribution in [-0.4, -0.2) is 37.2 Å². The Labute approximate surface area is 154 Å². The second-order valence-electron chi connectivity index (χ2n) is 7.49. The lowest BCUT2D eigenvalue weighted by atomic mass is 10.1. The van der Waals surface area contributed by atoms with E-state index in [1.165, 1.54) is 0 Å². The van der Waals surface area contributed by atoms with E-state index in [1.807, 2.05) is 0 Å². The number of halogens is 1. The second-order valence-corrected chi connectivity index (χ2v) is 7.90. The Morgan fingerprint density at radius 2 is 2.04 bits per heavy atom. The zero-order valence-electron chi connectivity index (χ0n) is 14.3. The molecule has 0 bridgehead atoms. The van der Waals surface area contributed by atoms with Gasteiger partial charge in [-0.1, -0.05) is 25.4 Å². The van der Waals surface area contributed by atoms with Crippen LogP contribution in [0.5, 0.6) is 0 Å². The number of aromatic nitrogens is 4. The summed E-state index contributed by atoms with van der Waals surface area (Å²) in [6, 6.07) is 5.04. The molecule has 1 aromatic heterocycles. The minimum atomic E-state index is -0.949. The van der Waals surface area contributed by atoms with Gasteiger partial charge in [0.25, 0.3) is 0 Å². The monoisotopic (exact) mass is 375 g/mol. The first-order chi connectivity index (χ1) is 12.3. The summed E-state index contributed by atoms with van der Waals surface area (Å²) in [4.78, 5) is 23.8. The van der Waals surface area contributed by atoms with Crippen molar-refractivity contribution in [2.45, 2.75) is 32.6 Å². The highest BCUT2D eigenvalue weighted by atomic mass is 35.5. The molecule has 136 valence electrons. The predicted molar refractivity (Wildman–Crippen MR) is 93.2 cm³/mol. The number of hydrogen-bond acceptors (Lipinski definition) is 5. The Hall–Kier alpha value is -2.48. The quantitative estimate of drug-likeness (QED) is 0.830. The fourth-order valence-corrected chi connectivity index (χ4v) is 3.72. The van der Waals surface area contributed by atoms with Crippen LogP contribution in [0, 0.1) is 17.3 Å². The Kier molecular flexibility index (Phi) is 3.76. The van der Waals surface area contributed by atoms with Crippen molar-refractivity contribution >= 4 is 29.2 Å². The van der Waals surface area contributed by atoms with E-state index >= 15 is 0 Å². The molecule has 0 spiro atoms. The van der Waals surface area contributed by atoms with Crippen LogP contribution in [0.15, 0.2) is 18.2 Å². The summed E-state index contributed by atoms with van der Waals surface area (Å²) in [6.45, 7) is 3.57. The van der Waals surface area contributed by atoms with Gasteiger partial charge in [0.2, 0.25) is 5.91 Å². The topological polar surface area (TPSA) is 110 Å². The molecule has 0 aliphatic heterocycles. The number of carbonyl (C=O) groups excluding carboxylic acids is 1. The van der Waals surface area contributed by atoms with Gasteiger partial charge in [-0.3, -0.25) is 9.59 Å². The normalized spacial score (nSPS) is 23.5. The molecule has 2 fully saturated rings. The summed E-state index contributed by atoms with van der Waals surface area (Å²) in [5.74, 6) is -1.40. The van der Waals surface area contributed by atoms with Crippen LogP contribution in [0.3, 0.4) is 0 Å². The van der Waals surface area contributed by atoms with E-state index in [9.17, 15) is 14.7 Å². The number of benzene rings is 1. The Morgan fingerprint density at radius 3 is 2.65 bits per heavy atom. The average Bonchev–Trinajstić information content (AvgIpc) is 3.45. The van der Waals surface area contributed by atoms with Crippen molar-refractivity contribution in [2.24, 2.45) is 17.3 Å². The summed E-state index contributed by atoms with van der Waals surface area (Å²) in [7, 11) is 0. The van der Waals surface area contributed by atoms with Gasteiger partial charge in [0, 0.05) is 11.6 Å². The van der Waals surface area contributed by atoms with Crippen LogP contribution in [0.2, 0.25) is 5.02 Å². The van der Waals surface area contributed by atoms with Crippen LogP contribution in [-0.2, 0) is 9.59 Å².